The summed E-state index contributed by atoms with van der Waals surface area (Å²) in [4.78, 5) is 29.4. The number of ether oxygens (including phenoxy) is 1. The number of nitrogens with two attached hydrogens (primary N) is 1. The van der Waals surface area contributed by atoms with Crippen LogP contribution in [0.3, 0.4) is 0 Å². The fourth-order valence-electron chi connectivity index (χ4n) is 2.24. The minimum absolute atomic E-state index is 0.297. The highest BCUT2D eigenvalue weighted by atomic mass is 35.5. The van der Waals surface area contributed by atoms with E-state index >= 15 is 0 Å². The highest BCUT2D eigenvalue weighted by molar-refractivity contribution is 6.33. The molecule has 1 fully saturated rings. The van der Waals surface area contributed by atoms with Crippen molar-refractivity contribution in [2.75, 3.05) is 10.6 Å². The van der Waals surface area contributed by atoms with E-state index in [0.29, 0.717) is 28.0 Å². The number of anilines is 2. The molecule has 3 N–H and O–H groups in total. The van der Waals surface area contributed by atoms with Gasteiger partial charge in [0, 0.05) is 12.1 Å². The van der Waals surface area contributed by atoms with Crippen LogP contribution in [0.1, 0.15) is 13.8 Å². The number of rotatable bonds is 3. The van der Waals surface area contributed by atoms with Crippen LogP contribution in [-0.4, -0.2) is 22.5 Å². The molecule has 0 atom stereocenters. The quantitative estimate of drug-likeness (QED) is 0.657. The van der Waals surface area contributed by atoms with Gasteiger partial charge in [-0.3, -0.25) is 4.79 Å². The average molecular weight is 347 g/mol. The van der Waals surface area contributed by atoms with Gasteiger partial charge in [-0.15, -0.1) is 0 Å². The van der Waals surface area contributed by atoms with Gasteiger partial charge in [-0.2, -0.15) is 0 Å². The van der Waals surface area contributed by atoms with Crippen molar-refractivity contribution in [1.29, 1.82) is 0 Å². The molecule has 8 heteroatoms. The number of pyridine rings is 1. The number of nitrogen functional groups attached to an aromatic ring is 1. The number of aromatic nitrogens is 1. The summed E-state index contributed by atoms with van der Waals surface area (Å²) in [7, 11) is 0. The van der Waals surface area contributed by atoms with Crippen LogP contribution >= 0.6 is 11.6 Å². The maximum atomic E-state index is 12.2. The predicted octanol–water partition coefficient (Wildman–Crippen LogP) is 2.94. The van der Waals surface area contributed by atoms with Crippen LogP contribution in [0.25, 0.3) is 0 Å². The number of hydrogen-bond acceptors (Lipinski definition) is 5. The molecule has 1 aliphatic rings. The van der Waals surface area contributed by atoms with Crippen molar-refractivity contribution in [1.82, 2.24) is 10.3 Å². The molecule has 24 heavy (non-hydrogen) atoms. The van der Waals surface area contributed by atoms with Gasteiger partial charge in [0.1, 0.15) is 11.3 Å². The SMILES string of the molecule is CC1(C)NC(=O)N(c2ccc(Oc3ccc(N)c(Cl)c3)nc2)C1=O. The van der Waals surface area contributed by atoms with E-state index in [0.717, 1.165) is 4.90 Å². The van der Waals surface area contributed by atoms with Crippen LogP contribution in [-0.2, 0) is 4.79 Å². The number of carbonyl (C=O) groups is 2. The summed E-state index contributed by atoms with van der Waals surface area (Å²) in [6, 6.07) is 7.53. The molecule has 1 aromatic carbocycles. The molecule has 3 rings (SSSR count). The van der Waals surface area contributed by atoms with Gasteiger partial charge in [0.15, 0.2) is 0 Å². The molecule has 0 radical (unpaired) electrons. The summed E-state index contributed by atoms with van der Waals surface area (Å²) in [6.45, 7) is 3.28. The summed E-state index contributed by atoms with van der Waals surface area (Å²) in [6.07, 6.45) is 1.40. The van der Waals surface area contributed by atoms with Gasteiger partial charge >= 0.3 is 6.03 Å². The summed E-state index contributed by atoms with van der Waals surface area (Å²) < 4.78 is 5.57. The molecule has 0 saturated carbocycles. The van der Waals surface area contributed by atoms with Crippen molar-refractivity contribution in [3.63, 3.8) is 0 Å². The molecule has 0 aliphatic carbocycles. The molecule has 7 nitrogen and oxygen atoms in total. The fraction of sp³-hybridized carbons (Fsp3) is 0.188. The largest absolute Gasteiger partial charge is 0.439 e. The minimum Gasteiger partial charge on any atom is -0.439 e. The van der Waals surface area contributed by atoms with Crippen molar-refractivity contribution >= 4 is 34.9 Å². The van der Waals surface area contributed by atoms with Gasteiger partial charge in [0.05, 0.1) is 22.6 Å². The van der Waals surface area contributed by atoms with E-state index in [1.807, 2.05) is 0 Å². The lowest BCUT2D eigenvalue weighted by Crippen LogP contribution is -2.40. The predicted molar refractivity (Wildman–Crippen MR) is 90.3 cm³/mol. The van der Waals surface area contributed by atoms with Crippen LogP contribution in [0.5, 0.6) is 11.6 Å². The smallest absolute Gasteiger partial charge is 0.329 e. The molecule has 0 bridgehead atoms. The lowest BCUT2D eigenvalue weighted by molar-refractivity contribution is -0.121. The van der Waals surface area contributed by atoms with Crippen molar-refractivity contribution in [2.45, 2.75) is 19.4 Å². The Bertz CT molecular complexity index is 821. The Morgan fingerprint density at radius 2 is 2.00 bits per heavy atom. The summed E-state index contributed by atoms with van der Waals surface area (Å²) in [5.41, 5.74) is 5.52. The maximum absolute atomic E-state index is 12.2. The van der Waals surface area contributed by atoms with E-state index in [1.165, 1.54) is 6.20 Å². The summed E-state index contributed by atoms with van der Waals surface area (Å²) in [5, 5.41) is 2.99. The van der Waals surface area contributed by atoms with E-state index in [9.17, 15) is 9.59 Å². The molecular weight excluding hydrogens is 332 g/mol. The number of halogens is 1. The van der Waals surface area contributed by atoms with Gasteiger partial charge in [-0.1, -0.05) is 11.6 Å². The standard InChI is InChI=1S/C16H15ClN4O3/c1-16(2)14(22)21(15(23)20-16)9-3-6-13(19-8-9)24-10-4-5-12(18)11(17)7-10/h3-8H,18H2,1-2H3,(H,20,23). The van der Waals surface area contributed by atoms with E-state index in [2.05, 4.69) is 10.3 Å². The zero-order valence-corrected chi connectivity index (χ0v) is 13.8. The van der Waals surface area contributed by atoms with E-state index in [4.69, 9.17) is 22.1 Å². The molecular formula is C16H15ClN4O3. The Kier molecular flexibility index (Phi) is 3.81. The van der Waals surface area contributed by atoms with Crippen LogP contribution in [0.2, 0.25) is 5.02 Å². The molecule has 0 spiro atoms. The number of benzene rings is 1. The topological polar surface area (TPSA) is 97.6 Å². The molecule has 1 aromatic heterocycles. The lowest BCUT2D eigenvalue weighted by Gasteiger charge is -2.16. The number of imide groups is 1. The zero-order chi connectivity index (χ0) is 17.5. The maximum Gasteiger partial charge on any atom is 0.329 e. The third-order valence-corrected chi connectivity index (χ3v) is 3.86. The number of amides is 3. The zero-order valence-electron chi connectivity index (χ0n) is 13.0. The van der Waals surface area contributed by atoms with E-state index < -0.39 is 11.6 Å². The summed E-state index contributed by atoms with van der Waals surface area (Å²) >= 11 is 5.94. The monoisotopic (exact) mass is 346 g/mol. The normalized spacial score (nSPS) is 16.2. The van der Waals surface area contributed by atoms with Crippen molar-refractivity contribution in [3.05, 3.63) is 41.6 Å². The number of carbonyl (C=O) groups excluding carboxylic acids is 2. The Balaban J connectivity index is 1.80. The second-order valence-corrected chi connectivity index (χ2v) is 6.24. The molecule has 1 aliphatic heterocycles. The van der Waals surface area contributed by atoms with Crippen LogP contribution in [0, 0.1) is 0 Å². The minimum atomic E-state index is -0.938. The first-order valence-corrected chi connectivity index (χ1v) is 7.51. The summed E-state index contributed by atoms with van der Waals surface area (Å²) in [5.74, 6) is 0.435. The van der Waals surface area contributed by atoms with Gasteiger partial charge in [-0.25, -0.2) is 14.7 Å². The highest BCUT2D eigenvalue weighted by Crippen LogP contribution is 2.29. The lowest BCUT2D eigenvalue weighted by atomic mass is 10.1. The van der Waals surface area contributed by atoms with Gasteiger partial charge in [0.2, 0.25) is 5.88 Å². The highest BCUT2D eigenvalue weighted by Gasteiger charge is 2.45. The van der Waals surface area contributed by atoms with Crippen molar-refractivity contribution in [2.24, 2.45) is 0 Å². The third kappa shape index (κ3) is 2.85. The van der Waals surface area contributed by atoms with Crippen LogP contribution in [0.15, 0.2) is 36.5 Å². The van der Waals surface area contributed by atoms with Crippen molar-refractivity contribution < 1.29 is 14.3 Å². The first-order chi connectivity index (χ1) is 11.3. The molecule has 3 amide bonds. The Morgan fingerprint density at radius 3 is 2.54 bits per heavy atom. The van der Waals surface area contributed by atoms with Crippen molar-refractivity contribution in [3.8, 4) is 11.6 Å². The molecule has 124 valence electrons. The number of urea groups is 1. The molecule has 0 unspecified atom stereocenters. The average Bonchev–Trinajstić information content (AvgIpc) is 2.72. The second kappa shape index (κ2) is 5.68. The van der Waals surface area contributed by atoms with Gasteiger partial charge in [-0.05, 0) is 32.0 Å². The number of hydrogen-bond donors (Lipinski definition) is 2. The van der Waals surface area contributed by atoms with Crippen LogP contribution < -0.4 is 20.7 Å². The fourth-order valence-corrected chi connectivity index (χ4v) is 2.41. The van der Waals surface area contributed by atoms with E-state index in [-0.39, 0.29) is 5.91 Å². The van der Waals surface area contributed by atoms with E-state index in [1.54, 1.807) is 44.2 Å². The van der Waals surface area contributed by atoms with Gasteiger partial charge < -0.3 is 15.8 Å². The number of nitrogens with zero attached hydrogens (tertiary/aromatic N) is 2. The first-order valence-electron chi connectivity index (χ1n) is 7.13. The molecule has 2 heterocycles. The molecule has 1 saturated heterocycles. The Morgan fingerprint density at radius 1 is 1.25 bits per heavy atom. The molecule has 2 aromatic rings. The number of nitrogens with one attached hydrogen (secondary N) is 1. The van der Waals surface area contributed by atoms with Gasteiger partial charge in [0.25, 0.3) is 5.91 Å². The van der Waals surface area contributed by atoms with Crippen LogP contribution in [0.4, 0.5) is 16.2 Å². The third-order valence-electron chi connectivity index (χ3n) is 3.53. The second-order valence-electron chi connectivity index (χ2n) is 5.84. The first kappa shape index (κ1) is 16.1. The Labute approximate surface area is 143 Å². The Hall–Kier alpha value is -2.80.